The molecular weight excluding hydrogens is 433 g/mol. The molecule has 170 valence electrons. The number of hydrogen-bond acceptors (Lipinski definition) is 3. The molecule has 1 aliphatic heterocycles. The van der Waals surface area contributed by atoms with Crippen LogP contribution in [0.2, 0.25) is 0 Å². The number of halogens is 1. The average Bonchev–Trinajstić information content (AvgIpc) is 2.85. The van der Waals surface area contributed by atoms with Crippen LogP contribution in [-0.4, -0.2) is 27.8 Å². The van der Waals surface area contributed by atoms with Gasteiger partial charge in [0.05, 0.1) is 11.1 Å². The maximum atomic E-state index is 13.4. The van der Waals surface area contributed by atoms with Crippen LogP contribution in [0.3, 0.4) is 0 Å². The van der Waals surface area contributed by atoms with E-state index in [1.165, 1.54) is 34.4 Å². The van der Waals surface area contributed by atoms with Crippen molar-refractivity contribution in [3.05, 3.63) is 112 Å². The zero-order chi connectivity index (χ0) is 23.7. The standard InChI is InChI=1S/C27H22FN3O3/c28-20-8-5-9-21(14-20)29-25(32)17-31-24-11-4-3-10-22(24)23(15-26(31)33)27(34)30-13-12-18-6-1-2-7-19(18)16-30/h1-11,14-15H,12-13,16-17H2,(H,29,32). The summed E-state index contributed by atoms with van der Waals surface area (Å²) in [6.07, 6.45) is 0.761. The fourth-order valence-corrected chi connectivity index (χ4v) is 4.42. The van der Waals surface area contributed by atoms with E-state index in [1.54, 1.807) is 35.2 Å². The Kier molecular flexibility index (Phi) is 5.67. The summed E-state index contributed by atoms with van der Waals surface area (Å²) >= 11 is 0. The fraction of sp³-hybridized carbons (Fsp3) is 0.148. The molecule has 0 saturated carbocycles. The molecule has 0 unspecified atom stereocenters. The molecule has 4 aromatic rings. The lowest BCUT2D eigenvalue weighted by molar-refractivity contribution is -0.116. The molecule has 0 fully saturated rings. The minimum atomic E-state index is -0.469. The molecule has 5 rings (SSSR count). The van der Waals surface area contributed by atoms with Crippen molar-refractivity contribution in [3.63, 3.8) is 0 Å². The fourth-order valence-electron chi connectivity index (χ4n) is 4.42. The van der Waals surface area contributed by atoms with Gasteiger partial charge in [-0.3, -0.25) is 19.0 Å². The number of fused-ring (bicyclic) bond motifs is 2. The maximum Gasteiger partial charge on any atom is 0.255 e. The molecular formula is C27H22FN3O3. The summed E-state index contributed by atoms with van der Waals surface area (Å²) in [5.74, 6) is -1.15. The van der Waals surface area contributed by atoms with E-state index in [-0.39, 0.29) is 12.5 Å². The molecule has 0 bridgehead atoms. The van der Waals surface area contributed by atoms with E-state index in [0.717, 1.165) is 12.0 Å². The summed E-state index contributed by atoms with van der Waals surface area (Å²) in [6.45, 7) is 0.799. The number of nitrogens with zero attached hydrogens (tertiary/aromatic N) is 2. The monoisotopic (exact) mass is 455 g/mol. The van der Waals surface area contributed by atoms with Crippen LogP contribution in [0.25, 0.3) is 10.9 Å². The van der Waals surface area contributed by atoms with Gasteiger partial charge in [-0.2, -0.15) is 0 Å². The second-order valence-electron chi connectivity index (χ2n) is 8.30. The highest BCUT2D eigenvalue weighted by molar-refractivity contribution is 6.06. The molecule has 1 aromatic heterocycles. The first-order valence-electron chi connectivity index (χ1n) is 11.0. The van der Waals surface area contributed by atoms with Crippen molar-refractivity contribution in [2.24, 2.45) is 0 Å². The molecule has 6 nitrogen and oxygen atoms in total. The predicted molar refractivity (Wildman–Crippen MR) is 128 cm³/mol. The van der Waals surface area contributed by atoms with Gasteiger partial charge in [-0.1, -0.05) is 48.5 Å². The lowest BCUT2D eigenvalue weighted by Crippen LogP contribution is -2.37. The molecule has 0 atom stereocenters. The third-order valence-corrected chi connectivity index (χ3v) is 6.08. The maximum absolute atomic E-state index is 13.4. The molecule has 3 aromatic carbocycles. The molecule has 2 heterocycles. The number of hydrogen-bond donors (Lipinski definition) is 1. The van der Waals surface area contributed by atoms with Crippen molar-refractivity contribution in [1.29, 1.82) is 0 Å². The van der Waals surface area contributed by atoms with Crippen LogP contribution in [0.5, 0.6) is 0 Å². The Morgan fingerprint density at radius 1 is 0.912 bits per heavy atom. The summed E-state index contributed by atoms with van der Waals surface area (Å²) in [4.78, 5) is 40.8. The normalized spacial score (nSPS) is 12.9. The summed E-state index contributed by atoms with van der Waals surface area (Å²) < 4.78 is 14.8. The third kappa shape index (κ3) is 4.20. The Labute approximate surface area is 195 Å². The van der Waals surface area contributed by atoms with Crippen LogP contribution in [0.4, 0.5) is 10.1 Å². The quantitative estimate of drug-likeness (QED) is 0.506. The second-order valence-corrected chi connectivity index (χ2v) is 8.30. The van der Waals surface area contributed by atoms with Crippen molar-refractivity contribution in [3.8, 4) is 0 Å². The van der Waals surface area contributed by atoms with E-state index >= 15 is 0 Å². The SMILES string of the molecule is O=C(Cn1c(=O)cc(C(=O)N2CCc3ccccc3C2)c2ccccc21)Nc1cccc(F)c1. The van der Waals surface area contributed by atoms with Gasteiger partial charge in [0.2, 0.25) is 5.91 Å². The molecule has 1 N–H and O–H groups in total. The number of benzene rings is 3. The van der Waals surface area contributed by atoms with E-state index in [4.69, 9.17) is 0 Å². The lowest BCUT2D eigenvalue weighted by atomic mass is 9.98. The number of anilines is 1. The lowest BCUT2D eigenvalue weighted by Gasteiger charge is -2.29. The van der Waals surface area contributed by atoms with Crippen LogP contribution in [0, 0.1) is 5.82 Å². The highest BCUT2D eigenvalue weighted by Crippen LogP contribution is 2.23. The topological polar surface area (TPSA) is 71.4 Å². The van der Waals surface area contributed by atoms with Crippen molar-refractivity contribution in [2.45, 2.75) is 19.5 Å². The number of nitrogens with one attached hydrogen (secondary N) is 1. The van der Waals surface area contributed by atoms with Crippen LogP contribution in [0.15, 0.2) is 83.7 Å². The zero-order valence-corrected chi connectivity index (χ0v) is 18.3. The van der Waals surface area contributed by atoms with Gasteiger partial charge in [0.25, 0.3) is 11.5 Å². The summed E-state index contributed by atoms with van der Waals surface area (Å²) in [5.41, 5.74) is 3.00. The average molecular weight is 455 g/mol. The number of carbonyl (C=O) groups excluding carboxylic acids is 2. The Morgan fingerprint density at radius 2 is 1.68 bits per heavy atom. The number of aromatic nitrogens is 1. The van der Waals surface area contributed by atoms with Gasteiger partial charge in [-0.05, 0) is 41.8 Å². The number of rotatable bonds is 4. The Hall–Kier alpha value is -4.26. The third-order valence-electron chi connectivity index (χ3n) is 6.08. The first-order valence-corrected chi connectivity index (χ1v) is 11.0. The largest absolute Gasteiger partial charge is 0.334 e. The van der Waals surface area contributed by atoms with Crippen LogP contribution < -0.4 is 10.9 Å². The highest BCUT2D eigenvalue weighted by Gasteiger charge is 2.24. The van der Waals surface area contributed by atoms with Crippen LogP contribution in [-0.2, 0) is 24.3 Å². The van der Waals surface area contributed by atoms with Gasteiger partial charge in [0.15, 0.2) is 0 Å². The van der Waals surface area contributed by atoms with E-state index in [9.17, 15) is 18.8 Å². The van der Waals surface area contributed by atoms with Crippen molar-refractivity contribution in [1.82, 2.24) is 9.47 Å². The van der Waals surface area contributed by atoms with Gasteiger partial charge in [0, 0.05) is 30.2 Å². The Bertz CT molecular complexity index is 1480. The molecule has 34 heavy (non-hydrogen) atoms. The van der Waals surface area contributed by atoms with Gasteiger partial charge in [-0.25, -0.2) is 4.39 Å². The molecule has 0 saturated heterocycles. The van der Waals surface area contributed by atoms with E-state index in [0.29, 0.717) is 35.2 Å². The first kappa shape index (κ1) is 21.6. The van der Waals surface area contributed by atoms with Crippen molar-refractivity contribution < 1.29 is 14.0 Å². The van der Waals surface area contributed by atoms with Gasteiger partial charge >= 0.3 is 0 Å². The highest BCUT2D eigenvalue weighted by atomic mass is 19.1. The van der Waals surface area contributed by atoms with Crippen molar-refractivity contribution >= 4 is 28.4 Å². The molecule has 0 aliphatic carbocycles. The molecule has 1 aliphatic rings. The van der Waals surface area contributed by atoms with Gasteiger partial charge in [0.1, 0.15) is 12.4 Å². The number of amides is 2. The summed E-state index contributed by atoms with van der Waals surface area (Å²) in [7, 11) is 0. The molecule has 0 spiro atoms. The van der Waals surface area contributed by atoms with Gasteiger partial charge < -0.3 is 10.2 Å². The Balaban J connectivity index is 1.45. The molecule has 7 heteroatoms. The second kappa shape index (κ2) is 8.94. The first-order chi connectivity index (χ1) is 16.5. The summed E-state index contributed by atoms with van der Waals surface area (Å²) in [5, 5.41) is 3.21. The predicted octanol–water partition coefficient (Wildman–Crippen LogP) is 3.98. The van der Waals surface area contributed by atoms with Crippen LogP contribution >= 0.6 is 0 Å². The minimum absolute atomic E-state index is 0.209. The van der Waals surface area contributed by atoms with E-state index in [2.05, 4.69) is 11.4 Å². The Morgan fingerprint density at radius 3 is 2.50 bits per heavy atom. The van der Waals surface area contributed by atoms with E-state index < -0.39 is 17.3 Å². The number of para-hydroxylation sites is 1. The smallest absolute Gasteiger partial charge is 0.255 e. The number of pyridine rings is 1. The van der Waals surface area contributed by atoms with E-state index in [1.807, 2.05) is 18.2 Å². The van der Waals surface area contributed by atoms with Crippen LogP contribution in [0.1, 0.15) is 21.5 Å². The molecule has 0 radical (unpaired) electrons. The van der Waals surface area contributed by atoms with Crippen molar-refractivity contribution in [2.75, 3.05) is 11.9 Å². The summed E-state index contributed by atoms with van der Waals surface area (Å²) in [6, 6.07) is 21.9. The molecule has 2 amide bonds. The number of carbonyl (C=O) groups is 2. The minimum Gasteiger partial charge on any atom is -0.334 e. The zero-order valence-electron chi connectivity index (χ0n) is 18.3. The van der Waals surface area contributed by atoms with Gasteiger partial charge in [-0.15, -0.1) is 0 Å².